The van der Waals surface area contributed by atoms with Gasteiger partial charge >= 0.3 is 0 Å². The third-order valence-corrected chi connectivity index (χ3v) is 6.94. The van der Waals surface area contributed by atoms with E-state index in [2.05, 4.69) is 63.6 Å². The van der Waals surface area contributed by atoms with Crippen molar-refractivity contribution in [3.05, 3.63) is 90.0 Å². The van der Waals surface area contributed by atoms with Gasteiger partial charge in [0.2, 0.25) is 5.91 Å². The summed E-state index contributed by atoms with van der Waals surface area (Å²) in [7, 11) is 1.71. The fraction of sp³-hybridized carbons (Fsp3) is 0.321. The Kier molecular flexibility index (Phi) is 6.20. The van der Waals surface area contributed by atoms with Crippen LogP contribution in [0.4, 0.5) is 11.4 Å². The molecule has 2 atom stereocenters. The number of nitrogens with zero attached hydrogens (tertiary/aromatic N) is 2. The quantitative estimate of drug-likeness (QED) is 0.630. The molecular weight excluding hydrogens is 410 g/mol. The first-order chi connectivity index (χ1) is 16.2. The molecule has 0 aromatic heterocycles. The maximum Gasteiger partial charge on any atom is 0.225 e. The van der Waals surface area contributed by atoms with Gasteiger partial charge in [-0.25, -0.2) is 0 Å². The lowest BCUT2D eigenvalue weighted by Gasteiger charge is -2.49. The number of para-hydroxylation sites is 1. The zero-order chi connectivity index (χ0) is 22.6. The maximum atomic E-state index is 13.4. The lowest BCUT2D eigenvalue weighted by atomic mass is 9.83. The fourth-order valence-corrected chi connectivity index (χ4v) is 5.18. The minimum Gasteiger partial charge on any atom is -0.497 e. The van der Waals surface area contributed by atoms with Crippen LogP contribution in [0, 0.1) is 5.92 Å². The van der Waals surface area contributed by atoms with E-state index in [1.54, 1.807) is 7.11 Å². The maximum absolute atomic E-state index is 13.4. The van der Waals surface area contributed by atoms with Crippen molar-refractivity contribution in [2.24, 2.45) is 5.92 Å². The number of hydrogen-bond donors (Lipinski definition) is 1. The number of rotatable bonds is 6. The zero-order valence-corrected chi connectivity index (χ0v) is 19.1. The van der Waals surface area contributed by atoms with Gasteiger partial charge in [0, 0.05) is 43.6 Å². The summed E-state index contributed by atoms with van der Waals surface area (Å²) in [5.41, 5.74) is 4.90. The standard InChI is InChI=1S/C28H31N3O2/c1-33-24-13-12-22-18-25(28(32)29-15-14-21-8-4-2-5-9-21)27-20-30(23-10-6-3-7-11-23)16-17-31(27)26(22)19-24/h2-13,19,25,27H,14-18,20H2,1H3,(H,29,32)/t25-,27+/m0/s1. The third-order valence-electron chi connectivity index (χ3n) is 6.94. The average Bonchev–Trinajstić information content (AvgIpc) is 2.88. The Morgan fingerprint density at radius 3 is 2.52 bits per heavy atom. The topological polar surface area (TPSA) is 44.8 Å². The smallest absolute Gasteiger partial charge is 0.225 e. The molecule has 2 aliphatic rings. The number of methoxy groups -OCH3 is 1. The summed E-state index contributed by atoms with van der Waals surface area (Å²) in [4.78, 5) is 18.3. The highest BCUT2D eigenvalue weighted by atomic mass is 16.5. The van der Waals surface area contributed by atoms with E-state index in [1.807, 2.05) is 30.3 Å². The van der Waals surface area contributed by atoms with Gasteiger partial charge in [0.15, 0.2) is 0 Å². The number of benzene rings is 3. The number of hydrogen-bond acceptors (Lipinski definition) is 4. The van der Waals surface area contributed by atoms with Crippen LogP contribution in [0.3, 0.4) is 0 Å². The molecule has 1 fully saturated rings. The number of piperazine rings is 1. The monoisotopic (exact) mass is 441 g/mol. The number of ether oxygens (including phenoxy) is 1. The zero-order valence-electron chi connectivity index (χ0n) is 19.1. The molecule has 3 aromatic rings. The Bertz CT molecular complexity index is 1090. The molecule has 2 aliphatic heterocycles. The Morgan fingerprint density at radius 1 is 1.00 bits per heavy atom. The van der Waals surface area contributed by atoms with Crippen LogP contribution >= 0.6 is 0 Å². The molecule has 0 bridgehead atoms. The molecule has 1 amide bonds. The van der Waals surface area contributed by atoms with Crippen molar-refractivity contribution in [2.45, 2.75) is 18.9 Å². The Balaban J connectivity index is 1.37. The van der Waals surface area contributed by atoms with Gasteiger partial charge in [0.05, 0.1) is 19.1 Å². The van der Waals surface area contributed by atoms with Gasteiger partial charge in [0.1, 0.15) is 5.75 Å². The Hall–Kier alpha value is -3.47. The number of carbonyl (C=O) groups is 1. The van der Waals surface area contributed by atoms with Crippen LogP contribution in [0.2, 0.25) is 0 Å². The van der Waals surface area contributed by atoms with Crippen molar-refractivity contribution in [3.8, 4) is 5.75 Å². The van der Waals surface area contributed by atoms with Gasteiger partial charge in [-0.2, -0.15) is 0 Å². The van der Waals surface area contributed by atoms with E-state index >= 15 is 0 Å². The molecule has 2 heterocycles. The second-order valence-corrected chi connectivity index (χ2v) is 8.87. The molecule has 1 saturated heterocycles. The molecule has 0 aliphatic carbocycles. The fourth-order valence-electron chi connectivity index (χ4n) is 5.18. The molecule has 33 heavy (non-hydrogen) atoms. The summed E-state index contributed by atoms with van der Waals surface area (Å²) >= 11 is 0. The first-order valence-corrected chi connectivity index (χ1v) is 11.8. The predicted octanol–water partition coefficient (Wildman–Crippen LogP) is 3.92. The van der Waals surface area contributed by atoms with Gasteiger partial charge in [-0.1, -0.05) is 54.6 Å². The van der Waals surface area contributed by atoms with Crippen LogP contribution < -0.4 is 19.9 Å². The van der Waals surface area contributed by atoms with Crippen molar-refractivity contribution in [2.75, 3.05) is 43.1 Å². The van der Waals surface area contributed by atoms with Crippen LogP contribution in [-0.2, 0) is 17.6 Å². The minimum atomic E-state index is -0.0896. The van der Waals surface area contributed by atoms with E-state index in [-0.39, 0.29) is 17.9 Å². The molecule has 0 radical (unpaired) electrons. The number of carbonyl (C=O) groups excluding carboxylic acids is 1. The number of fused-ring (bicyclic) bond motifs is 3. The summed E-state index contributed by atoms with van der Waals surface area (Å²) in [6, 6.07) is 27.2. The molecule has 0 unspecified atom stereocenters. The minimum absolute atomic E-state index is 0.0896. The number of nitrogens with one attached hydrogen (secondary N) is 1. The van der Waals surface area contributed by atoms with Crippen molar-refractivity contribution in [1.82, 2.24) is 5.32 Å². The van der Waals surface area contributed by atoms with Crippen LogP contribution in [0.25, 0.3) is 0 Å². The van der Waals surface area contributed by atoms with Crippen molar-refractivity contribution < 1.29 is 9.53 Å². The Morgan fingerprint density at radius 2 is 1.76 bits per heavy atom. The van der Waals surface area contributed by atoms with Crippen LogP contribution in [0.5, 0.6) is 5.75 Å². The van der Waals surface area contributed by atoms with Gasteiger partial charge < -0.3 is 19.9 Å². The van der Waals surface area contributed by atoms with E-state index < -0.39 is 0 Å². The lowest BCUT2D eigenvalue weighted by Crippen LogP contribution is -2.61. The molecule has 5 nitrogen and oxygen atoms in total. The normalized spacial score (nSPS) is 19.4. The molecule has 0 spiro atoms. The van der Waals surface area contributed by atoms with Gasteiger partial charge in [0.25, 0.3) is 0 Å². The Labute approximate surface area is 196 Å². The van der Waals surface area contributed by atoms with E-state index in [1.165, 1.54) is 22.5 Å². The molecule has 5 rings (SSSR count). The summed E-state index contributed by atoms with van der Waals surface area (Å²) in [6.07, 6.45) is 1.60. The van der Waals surface area contributed by atoms with E-state index in [9.17, 15) is 4.79 Å². The summed E-state index contributed by atoms with van der Waals surface area (Å²) in [5.74, 6) is 0.925. The number of amides is 1. The van der Waals surface area contributed by atoms with Crippen molar-refractivity contribution in [3.63, 3.8) is 0 Å². The van der Waals surface area contributed by atoms with E-state index in [4.69, 9.17) is 4.74 Å². The molecule has 0 saturated carbocycles. The van der Waals surface area contributed by atoms with Gasteiger partial charge in [-0.15, -0.1) is 0 Å². The second-order valence-electron chi connectivity index (χ2n) is 8.87. The van der Waals surface area contributed by atoms with Gasteiger partial charge in [-0.05, 0) is 42.2 Å². The summed E-state index contributed by atoms with van der Waals surface area (Å²) < 4.78 is 5.50. The van der Waals surface area contributed by atoms with Crippen LogP contribution in [-0.4, -0.2) is 45.2 Å². The van der Waals surface area contributed by atoms with Gasteiger partial charge in [-0.3, -0.25) is 4.79 Å². The molecule has 3 aromatic carbocycles. The highest BCUT2D eigenvalue weighted by molar-refractivity contribution is 5.82. The molecule has 5 heteroatoms. The van der Waals surface area contributed by atoms with Crippen LogP contribution in [0.1, 0.15) is 11.1 Å². The average molecular weight is 442 g/mol. The second kappa shape index (κ2) is 9.57. The highest BCUT2D eigenvalue weighted by Crippen LogP contribution is 2.38. The molecular formula is C28H31N3O2. The molecule has 1 N–H and O–H groups in total. The number of anilines is 2. The first kappa shape index (κ1) is 21.4. The third kappa shape index (κ3) is 4.54. The highest BCUT2D eigenvalue weighted by Gasteiger charge is 2.41. The lowest BCUT2D eigenvalue weighted by molar-refractivity contribution is -0.125. The van der Waals surface area contributed by atoms with Crippen molar-refractivity contribution >= 4 is 17.3 Å². The largest absolute Gasteiger partial charge is 0.497 e. The predicted molar refractivity (Wildman–Crippen MR) is 133 cm³/mol. The van der Waals surface area contributed by atoms with E-state index in [0.717, 1.165) is 38.2 Å². The summed E-state index contributed by atoms with van der Waals surface area (Å²) in [6.45, 7) is 3.30. The first-order valence-electron chi connectivity index (χ1n) is 11.8. The molecule has 170 valence electrons. The van der Waals surface area contributed by atoms with E-state index in [0.29, 0.717) is 6.54 Å². The van der Waals surface area contributed by atoms with Crippen molar-refractivity contribution in [1.29, 1.82) is 0 Å². The van der Waals surface area contributed by atoms with Crippen LogP contribution in [0.15, 0.2) is 78.9 Å². The summed E-state index contributed by atoms with van der Waals surface area (Å²) in [5, 5.41) is 3.23. The SMILES string of the molecule is COc1ccc2c(c1)N1CCN(c3ccccc3)C[C@@H]1[C@@H](C(=O)NCCc1ccccc1)C2.